The van der Waals surface area contributed by atoms with Crippen molar-refractivity contribution in [3.63, 3.8) is 0 Å². The number of pyridine rings is 1. The smallest absolute Gasteiger partial charge is 0.141 e. The molecule has 3 heteroatoms. The lowest BCUT2D eigenvalue weighted by Crippen LogP contribution is -1.96. The molecule has 2 rings (SSSR count). The van der Waals surface area contributed by atoms with Crippen LogP contribution in [0.3, 0.4) is 0 Å². The van der Waals surface area contributed by atoms with Gasteiger partial charge in [-0.05, 0) is 31.4 Å². The van der Waals surface area contributed by atoms with Crippen LogP contribution in [0.1, 0.15) is 43.9 Å². The molecule has 2 N–H and O–H groups in total. The molecule has 0 spiro atoms. The summed E-state index contributed by atoms with van der Waals surface area (Å²) in [7, 11) is 0. The zero-order valence-corrected chi connectivity index (χ0v) is 10.7. The molecular formula is C14H21N3. The molecule has 2 aromatic heterocycles. The fourth-order valence-electron chi connectivity index (χ4n) is 2.17. The van der Waals surface area contributed by atoms with Crippen molar-refractivity contribution in [2.45, 2.75) is 46.0 Å². The van der Waals surface area contributed by atoms with Crippen molar-refractivity contribution in [1.82, 2.24) is 9.38 Å². The maximum absolute atomic E-state index is 6.12. The van der Waals surface area contributed by atoms with Crippen molar-refractivity contribution in [2.75, 3.05) is 5.73 Å². The van der Waals surface area contributed by atoms with E-state index in [0.29, 0.717) is 0 Å². The highest BCUT2D eigenvalue weighted by Crippen LogP contribution is 2.19. The van der Waals surface area contributed by atoms with Crippen LogP contribution in [0.5, 0.6) is 0 Å². The number of rotatable bonds is 5. The summed E-state index contributed by atoms with van der Waals surface area (Å²) >= 11 is 0. The quantitative estimate of drug-likeness (QED) is 0.802. The second-order valence-corrected chi connectivity index (χ2v) is 4.64. The average molecular weight is 231 g/mol. The van der Waals surface area contributed by atoms with Crippen LogP contribution >= 0.6 is 0 Å². The normalized spacial score (nSPS) is 11.2. The topological polar surface area (TPSA) is 43.3 Å². The van der Waals surface area contributed by atoms with Crippen LogP contribution < -0.4 is 5.73 Å². The van der Waals surface area contributed by atoms with Gasteiger partial charge >= 0.3 is 0 Å². The van der Waals surface area contributed by atoms with Crippen molar-refractivity contribution in [3.05, 3.63) is 29.6 Å². The average Bonchev–Trinajstić information content (AvgIpc) is 2.65. The Bertz CT molecular complexity index is 499. The van der Waals surface area contributed by atoms with Crippen molar-refractivity contribution in [1.29, 1.82) is 0 Å². The summed E-state index contributed by atoms with van der Waals surface area (Å²) in [6, 6.07) is 4.09. The van der Waals surface area contributed by atoms with E-state index in [9.17, 15) is 0 Å². The summed E-state index contributed by atoms with van der Waals surface area (Å²) < 4.78 is 1.99. The summed E-state index contributed by atoms with van der Waals surface area (Å²) in [6.07, 6.45) is 7.99. The van der Waals surface area contributed by atoms with E-state index in [1.807, 2.05) is 16.7 Å². The third-order valence-electron chi connectivity index (χ3n) is 3.23. The largest absolute Gasteiger partial charge is 0.383 e. The number of nitrogens with two attached hydrogens (primary N) is 1. The Morgan fingerprint density at radius 2 is 2.12 bits per heavy atom. The lowest BCUT2D eigenvalue weighted by atomic mass is 10.1. The Morgan fingerprint density at radius 3 is 2.82 bits per heavy atom. The molecule has 0 aromatic carbocycles. The zero-order valence-electron chi connectivity index (χ0n) is 10.7. The number of hydrogen-bond donors (Lipinski definition) is 1. The number of aryl methyl sites for hydroxylation is 2. The van der Waals surface area contributed by atoms with E-state index in [4.69, 9.17) is 5.73 Å². The lowest BCUT2D eigenvalue weighted by Gasteiger charge is -1.99. The van der Waals surface area contributed by atoms with Crippen LogP contribution in [0.25, 0.3) is 5.65 Å². The first-order chi connectivity index (χ1) is 8.24. The van der Waals surface area contributed by atoms with E-state index < -0.39 is 0 Å². The Labute approximate surface area is 103 Å². The van der Waals surface area contributed by atoms with Gasteiger partial charge in [0.15, 0.2) is 0 Å². The van der Waals surface area contributed by atoms with E-state index in [0.717, 1.165) is 23.6 Å². The first kappa shape index (κ1) is 12.0. The summed E-state index contributed by atoms with van der Waals surface area (Å²) in [6.45, 7) is 4.30. The highest BCUT2D eigenvalue weighted by atomic mass is 15.1. The molecular weight excluding hydrogens is 210 g/mol. The third kappa shape index (κ3) is 2.43. The van der Waals surface area contributed by atoms with Crippen LogP contribution in [0.15, 0.2) is 18.3 Å². The van der Waals surface area contributed by atoms with E-state index in [1.54, 1.807) is 0 Å². The van der Waals surface area contributed by atoms with Crippen LogP contribution in [-0.2, 0) is 6.42 Å². The van der Waals surface area contributed by atoms with Gasteiger partial charge in [-0.25, -0.2) is 4.98 Å². The molecule has 0 aliphatic carbocycles. The number of nitrogens with zero attached hydrogens (tertiary/aromatic N) is 2. The van der Waals surface area contributed by atoms with E-state index in [1.165, 1.54) is 31.2 Å². The summed E-state index contributed by atoms with van der Waals surface area (Å²) in [5.74, 6) is 0.806. The predicted molar refractivity (Wildman–Crippen MR) is 72.2 cm³/mol. The number of unbranched alkanes of at least 4 members (excludes halogenated alkanes) is 3. The first-order valence-corrected chi connectivity index (χ1v) is 6.46. The first-order valence-electron chi connectivity index (χ1n) is 6.46. The lowest BCUT2D eigenvalue weighted by molar-refractivity contribution is 0.663. The highest BCUT2D eigenvalue weighted by Gasteiger charge is 2.09. The minimum Gasteiger partial charge on any atom is -0.383 e. The number of hydrogen-bond acceptors (Lipinski definition) is 2. The van der Waals surface area contributed by atoms with Gasteiger partial charge in [0, 0.05) is 6.20 Å². The molecule has 0 saturated carbocycles. The fourth-order valence-corrected chi connectivity index (χ4v) is 2.17. The molecule has 0 unspecified atom stereocenters. The second-order valence-electron chi connectivity index (χ2n) is 4.64. The molecule has 0 fully saturated rings. The van der Waals surface area contributed by atoms with Gasteiger partial charge in [0.25, 0.3) is 0 Å². The number of nitrogen functional groups attached to an aromatic ring is 1. The molecule has 92 valence electrons. The predicted octanol–water partition coefficient (Wildman–Crippen LogP) is 3.35. The Morgan fingerprint density at radius 1 is 1.29 bits per heavy atom. The van der Waals surface area contributed by atoms with Gasteiger partial charge in [0.05, 0.1) is 5.69 Å². The molecule has 0 aliphatic rings. The minimum absolute atomic E-state index is 0.806. The van der Waals surface area contributed by atoms with Crippen LogP contribution in [-0.4, -0.2) is 9.38 Å². The second kappa shape index (κ2) is 5.21. The monoisotopic (exact) mass is 231 g/mol. The standard InChI is InChI=1S/C14H21N3/c1-3-4-5-6-9-12-13(15)17-10-7-8-11(2)14(17)16-12/h7-8,10H,3-6,9,15H2,1-2H3. The van der Waals surface area contributed by atoms with Gasteiger partial charge in [-0.15, -0.1) is 0 Å². The zero-order chi connectivity index (χ0) is 12.3. The molecule has 0 radical (unpaired) electrons. The van der Waals surface area contributed by atoms with Crippen molar-refractivity contribution in [3.8, 4) is 0 Å². The number of fused-ring (bicyclic) bond motifs is 1. The van der Waals surface area contributed by atoms with E-state index in [-0.39, 0.29) is 0 Å². The Kier molecular flexibility index (Phi) is 3.67. The summed E-state index contributed by atoms with van der Waals surface area (Å²) in [5.41, 5.74) is 9.35. The maximum atomic E-state index is 6.12. The Balaban J connectivity index is 2.18. The fraction of sp³-hybridized carbons (Fsp3) is 0.500. The van der Waals surface area contributed by atoms with Crippen molar-refractivity contribution < 1.29 is 0 Å². The molecule has 3 nitrogen and oxygen atoms in total. The molecule has 2 heterocycles. The summed E-state index contributed by atoms with van der Waals surface area (Å²) in [4.78, 5) is 4.65. The highest BCUT2D eigenvalue weighted by molar-refractivity contribution is 5.56. The van der Waals surface area contributed by atoms with Gasteiger partial charge in [0.1, 0.15) is 11.5 Å². The van der Waals surface area contributed by atoms with Gasteiger partial charge in [0.2, 0.25) is 0 Å². The van der Waals surface area contributed by atoms with Gasteiger partial charge in [-0.1, -0.05) is 32.3 Å². The molecule has 0 bridgehead atoms. The molecule has 2 aromatic rings. The molecule has 0 saturated heterocycles. The van der Waals surface area contributed by atoms with Gasteiger partial charge in [-0.3, -0.25) is 4.40 Å². The number of imidazole rings is 1. The third-order valence-corrected chi connectivity index (χ3v) is 3.23. The van der Waals surface area contributed by atoms with Crippen molar-refractivity contribution in [2.24, 2.45) is 0 Å². The van der Waals surface area contributed by atoms with Crippen molar-refractivity contribution >= 4 is 11.5 Å². The SMILES string of the molecule is CCCCCCc1nc2c(C)cccn2c1N. The van der Waals surface area contributed by atoms with Gasteiger partial charge in [-0.2, -0.15) is 0 Å². The van der Waals surface area contributed by atoms with Gasteiger partial charge < -0.3 is 5.73 Å². The van der Waals surface area contributed by atoms with E-state index >= 15 is 0 Å². The number of anilines is 1. The Hall–Kier alpha value is -1.51. The van der Waals surface area contributed by atoms with Crippen LogP contribution in [0.2, 0.25) is 0 Å². The number of aromatic nitrogens is 2. The molecule has 0 amide bonds. The molecule has 17 heavy (non-hydrogen) atoms. The molecule has 0 aliphatic heterocycles. The molecule has 0 atom stereocenters. The van der Waals surface area contributed by atoms with Crippen LogP contribution in [0.4, 0.5) is 5.82 Å². The maximum Gasteiger partial charge on any atom is 0.141 e. The minimum atomic E-state index is 0.806. The summed E-state index contributed by atoms with van der Waals surface area (Å²) in [5, 5.41) is 0. The van der Waals surface area contributed by atoms with E-state index in [2.05, 4.69) is 24.9 Å². The van der Waals surface area contributed by atoms with Crippen LogP contribution in [0, 0.1) is 6.92 Å².